The minimum absolute atomic E-state index is 0. The van der Waals surface area contributed by atoms with E-state index in [0.29, 0.717) is 0 Å². The van der Waals surface area contributed by atoms with Crippen molar-refractivity contribution in [3.8, 4) is 0 Å². The third-order valence-corrected chi connectivity index (χ3v) is 1.10. The van der Waals surface area contributed by atoms with E-state index in [0.717, 1.165) is 0 Å². The number of aliphatic carboxylic acids is 3. The highest BCUT2D eigenvalue weighted by molar-refractivity contribution is 5.85. The SMILES string of the molecule is C.C=C(C)C(=O)O.C=C(C)C(=O)O.C=C(C)C(=O)O. The predicted octanol–water partition coefficient (Wildman–Crippen LogP) is 2.58. The third-order valence-electron chi connectivity index (χ3n) is 1.10. The summed E-state index contributed by atoms with van der Waals surface area (Å²) in [6, 6.07) is 0. The summed E-state index contributed by atoms with van der Waals surface area (Å²) in [6.45, 7) is 13.8. The fourth-order valence-electron chi connectivity index (χ4n) is 0. The molecule has 0 aliphatic carbocycles. The predicted molar refractivity (Wildman–Crippen MR) is 74.1 cm³/mol. The van der Waals surface area contributed by atoms with E-state index in [1.165, 1.54) is 20.8 Å². The summed E-state index contributed by atoms with van der Waals surface area (Å²) >= 11 is 0. The van der Waals surface area contributed by atoms with Gasteiger partial charge in [-0.1, -0.05) is 27.2 Å². The zero-order valence-electron chi connectivity index (χ0n) is 10.7. The van der Waals surface area contributed by atoms with Crippen LogP contribution in [0.2, 0.25) is 0 Å². The maximum atomic E-state index is 9.60. The van der Waals surface area contributed by atoms with Gasteiger partial charge in [0.15, 0.2) is 0 Å². The Labute approximate surface area is 113 Å². The first kappa shape index (κ1) is 25.5. The van der Waals surface area contributed by atoms with Crippen molar-refractivity contribution in [2.75, 3.05) is 0 Å². The van der Waals surface area contributed by atoms with Crippen molar-refractivity contribution in [1.82, 2.24) is 0 Å². The van der Waals surface area contributed by atoms with Crippen molar-refractivity contribution in [2.24, 2.45) is 0 Å². The Kier molecular flexibility index (Phi) is 18.4. The molecule has 0 saturated carbocycles. The van der Waals surface area contributed by atoms with Gasteiger partial charge in [-0.05, 0) is 20.8 Å². The molecule has 6 heteroatoms. The summed E-state index contributed by atoms with van der Waals surface area (Å²) in [6.07, 6.45) is 0. The van der Waals surface area contributed by atoms with E-state index in [1.54, 1.807) is 0 Å². The Morgan fingerprint density at radius 2 is 0.684 bits per heavy atom. The van der Waals surface area contributed by atoms with Crippen LogP contribution in [0.3, 0.4) is 0 Å². The van der Waals surface area contributed by atoms with Crippen LogP contribution in [0, 0.1) is 0 Å². The van der Waals surface area contributed by atoms with Crippen LogP contribution < -0.4 is 0 Å². The van der Waals surface area contributed by atoms with Gasteiger partial charge in [-0.2, -0.15) is 0 Å². The number of carboxylic acids is 3. The van der Waals surface area contributed by atoms with Gasteiger partial charge in [-0.25, -0.2) is 14.4 Å². The zero-order chi connectivity index (χ0) is 15.5. The van der Waals surface area contributed by atoms with Crippen molar-refractivity contribution in [2.45, 2.75) is 28.2 Å². The standard InChI is InChI=1S/3C4H6O2.CH4/c3*1-3(2)4(5)6;/h3*1H2,2H3,(H,5,6);1H4. The van der Waals surface area contributed by atoms with E-state index in [4.69, 9.17) is 15.3 Å². The molecule has 0 bridgehead atoms. The van der Waals surface area contributed by atoms with Gasteiger partial charge in [0.25, 0.3) is 0 Å². The van der Waals surface area contributed by atoms with Crippen molar-refractivity contribution >= 4 is 17.9 Å². The lowest BCUT2D eigenvalue weighted by Crippen LogP contribution is -1.92. The second-order valence-electron chi connectivity index (χ2n) is 3.26. The lowest BCUT2D eigenvalue weighted by atomic mass is 10.4. The molecule has 0 aromatic rings. The molecule has 0 aromatic heterocycles. The first-order chi connectivity index (χ1) is 7.93. The number of hydrogen-bond acceptors (Lipinski definition) is 3. The van der Waals surface area contributed by atoms with Crippen LogP contribution in [-0.2, 0) is 14.4 Å². The van der Waals surface area contributed by atoms with Crippen molar-refractivity contribution < 1.29 is 29.7 Å². The third kappa shape index (κ3) is 31.3. The Balaban J connectivity index is -0.0000000865. The lowest BCUT2D eigenvalue weighted by molar-refractivity contribution is -0.133. The molecule has 19 heavy (non-hydrogen) atoms. The van der Waals surface area contributed by atoms with Crippen LogP contribution in [0.5, 0.6) is 0 Å². The summed E-state index contributed by atoms with van der Waals surface area (Å²) < 4.78 is 0. The lowest BCUT2D eigenvalue weighted by Gasteiger charge is -1.79. The smallest absolute Gasteiger partial charge is 0.330 e. The zero-order valence-corrected chi connectivity index (χ0v) is 10.7. The molecular weight excluding hydrogens is 252 g/mol. The maximum Gasteiger partial charge on any atom is 0.330 e. The van der Waals surface area contributed by atoms with Crippen molar-refractivity contribution in [3.63, 3.8) is 0 Å². The van der Waals surface area contributed by atoms with E-state index >= 15 is 0 Å². The Morgan fingerprint density at radius 1 is 0.632 bits per heavy atom. The maximum absolute atomic E-state index is 9.60. The van der Waals surface area contributed by atoms with Crippen LogP contribution in [0.25, 0.3) is 0 Å². The molecule has 0 aliphatic heterocycles. The van der Waals surface area contributed by atoms with Crippen LogP contribution in [0.4, 0.5) is 0 Å². The highest BCUT2D eigenvalue weighted by atomic mass is 16.4. The van der Waals surface area contributed by atoms with Crippen molar-refractivity contribution in [1.29, 1.82) is 0 Å². The molecule has 0 rings (SSSR count). The van der Waals surface area contributed by atoms with Gasteiger partial charge in [0.2, 0.25) is 0 Å². The Bertz CT molecular complexity index is 272. The molecule has 0 saturated heterocycles. The molecule has 0 unspecified atom stereocenters. The fourth-order valence-corrected chi connectivity index (χ4v) is 0. The van der Waals surface area contributed by atoms with Gasteiger partial charge >= 0.3 is 17.9 Å². The summed E-state index contributed by atoms with van der Waals surface area (Å²) in [4.78, 5) is 28.8. The van der Waals surface area contributed by atoms with E-state index in [9.17, 15) is 14.4 Å². The topological polar surface area (TPSA) is 112 Å². The molecule has 0 aromatic carbocycles. The van der Waals surface area contributed by atoms with Crippen LogP contribution in [-0.4, -0.2) is 33.2 Å². The number of carboxylic acid groups (broad SMARTS) is 3. The van der Waals surface area contributed by atoms with E-state index < -0.39 is 17.9 Å². The summed E-state index contributed by atoms with van der Waals surface area (Å²) in [7, 11) is 0. The Hall–Kier alpha value is -2.37. The van der Waals surface area contributed by atoms with Crippen LogP contribution in [0.1, 0.15) is 28.2 Å². The van der Waals surface area contributed by atoms with E-state index in [2.05, 4.69) is 19.7 Å². The average Bonchev–Trinajstić information content (AvgIpc) is 2.18. The number of hydrogen-bond donors (Lipinski definition) is 3. The first-order valence-corrected chi connectivity index (χ1v) is 4.59. The van der Waals surface area contributed by atoms with Gasteiger partial charge in [-0.3, -0.25) is 0 Å². The fraction of sp³-hybridized carbons (Fsp3) is 0.308. The highest BCUT2D eigenvalue weighted by Crippen LogP contribution is 1.82. The van der Waals surface area contributed by atoms with Gasteiger partial charge in [-0.15, -0.1) is 0 Å². The summed E-state index contributed by atoms with van der Waals surface area (Å²) in [5.41, 5.74) is 0.528. The second-order valence-corrected chi connectivity index (χ2v) is 3.26. The molecule has 6 nitrogen and oxygen atoms in total. The quantitative estimate of drug-likeness (QED) is 0.682. The molecule has 0 atom stereocenters. The van der Waals surface area contributed by atoms with E-state index in [1.807, 2.05) is 0 Å². The molecule has 0 amide bonds. The summed E-state index contributed by atoms with van der Waals surface area (Å²) in [5, 5.41) is 23.7. The largest absolute Gasteiger partial charge is 0.478 e. The molecule has 0 radical (unpaired) electrons. The highest BCUT2D eigenvalue weighted by Gasteiger charge is 1.91. The minimum atomic E-state index is -0.935. The van der Waals surface area contributed by atoms with E-state index in [-0.39, 0.29) is 24.1 Å². The van der Waals surface area contributed by atoms with Crippen LogP contribution in [0.15, 0.2) is 36.5 Å². The average molecular weight is 274 g/mol. The minimum Gasteiger partial charge on any atom is -0.478 e. The first-order valence-electron chi connectivity index (χ1n) is 4.59. The molecule has 0 heterocycles. The normalized spacial score (nSPS) is 7.11. The monoisotopic (exact) mass is 274 g/mol. The second kappa shape index (κ2) is 13.7. The number of carbonyl (C=O) groups is 3. The Morgan fingerprint density at radius 3 is 0.684 bits per heavy atom. The molecule has 0 fully saturated rings. The molecule has 0 aliphatic rings. The number of rotatable bonds is 3. The van der Waals surface area contributed by atoms with Crippen LogP contribution >= 0.6 is 0 Å². The molecule has 110 valence electrons. The molecule has 3 N–H and O–H groups in total. The van der Waals surface area contributed by atoms with Gasteiger partial charge in [0.05, 0.1) is 0 Å². The van der Waals surface area contributed by atoms with Gasteiger partial charge < -0.3 is 15.3 Å². The van der Waals surface area contributed by atoms with Crippen molar-refractivity contribution in [3.05, 3.63) is 36.5 Å². The van der Waals surface area contributed by atoms with Gasteiger partial charge in [0.1, 0.15) is 0 Å². The van der Waals surface area contributed by atoms with Gasteiger partial charge in [0, 0.05) is 16.7 Å². The molecule has 0 spiro atoms. The summed E-state index contributed by atoms with van der Waals surface area (Å²) in [5.74, 6) is -2.81. The molecular formula is C13H22O6.